The average Bonchev–Trinajstić information content (AvgIpc) is 3.19. The highest BCUT2D eigenvalue weighted by Crippen LogP contribution is 2.44. The van der Waals surface area contributed by atoms with Crippen LogP contribution in [0.25, 0.3) is 0 Å². The molecule has 0 aliphatic heterocycles. The summed E-state index contributed by atoms with van der Waals surface area (Å²) in [4.78, 5) is 0. The minimum absolute atomic E-state index is 0.325. The van der Waals surface area contributed by atoms with E-state index in [1.54, 1.807) is 5.56 Å². The molecule has 0 radical (unpaired) electrons. The summed E-state index contributed by atoms with van der Waals surface area (Å²) in [6, 6.07) is 9.31. The SMILES string of the molecule is CNC(c1ccccc1C1CCC1)C(OC)C1CC1. The van der Waals surface area contributed by atoms with Gasteiger partial charge in [-0.05, 0) is 55.7 Å². The van der Waals surface area contributed by atoms with E-state index in [2.05, 4.69) is 36.6 Å². The second-order valence-electron chi connectivity index (χ2n) is 6.06. The highest BCUT2D eigenvalue weighted by atomic mass is 16.5. The van der Waals surface area contributed by atoms with Crippen molar-refractivity contribution >= 4 is 0 Å². The van der Waals surface area contributed by atoms with Crippen molar-refractivity contribution < 1.29 is 4.74 Å². The molecule has 1 aromatic carbocycles. The zero-order valence-electron chi connectivity index (χ0n) is 12.1. The maximum atomic E-state index is 5.81. The summed E-state index contributed by atoms with van der Waals surface area (Å²) in [7, 11) is 3.93. The van der Waals surface area contributed by atoms with Gasteiger partial charge in [0.05, 0.1) is 12.1 Å². The second-order valence-corrected chi connectivity index (χ2v) is 6.06. The first-order valence-corrected chi connectivity index (χ1v) is 7.64. The Labute approximate surface area is 116 Å². The smallest absolute Gasteiger partial charge is 0.0794 e. The summed E-state index contributed by atoms with van der Waals surface area (Å²) in [6.45, 7) is 0. The first-order chi connectivity index (χ1) is 9.35. The summed E-state index contributed by atoms with van der Waals surface area (Å²) in [5.74, 6) is 1.53. The molecule has 0 saturated heterocycles. The predicted octanol–water partition coefficient (Wildman–Crippen LogP) is 3.64. The largest absolute Gasteiger partial charge is 0.379 e. The van der Waals surface area contributed by atoms with Crippen molar-refractivity contribution in [1.29, 1.82) is 0 Å². The van der Waals surface area contributed by atoms with Gasteiger partial charge < -0.3 is 10.1 Å². The lowest BCUT2D eigenvalue weighted by atomic mass is 9.76. The third-order valence-corrected chi connectivity index (χ3v) is 4.87. The van der Waals surface area contributed by atoms with Gasteiger partial charge in [0.1, 0.15) is 0 Å². The topological polar surface area (TPSA) is 21.3 Å². The number of rotatable bonds is 6. The van der Waals surface area contributed by atoms with Gasteiger partial charge in [-0.15, -0.1) is 0 Å². The highest BCUT2D eigenvalue weighted by Gasteiger charge is 2.38. The van der Waals surface area contributed by atoms with Crippen LogP contribution in [0.1, 0.15) is 55.2 Å². The van der Waals surface area contributed by atoms with Crippen molar-refractivity contribution in [3.8, 4) is 0 Å². The van der Waals surface area contributed by atoms with Crippen molar-refractivity contribution in [3.05, 3.63) is 35.4 Å². The van der Waals surface area contributed by atoms with Crippen molar-refractivity contribution in [3.63, 3.8) is 0 Å². The van der Waals surface area contributed by atoms with E-state index < -0.39 is 0 Å². The molecule has 2 heteroatoms. The van der Waals surface area contributed by atoms with Crippen molar-refractivity contribution in [2.45, 2.75) is 50.2 Å². The molecule has 2 fully saturated rings. The Morgan fingerprint density at radius 1 is 1.16 bits per heavy atom. The minimum Gasteiger partial charge on any atom is -0.379 e. The first-order valence-electron chi connectivity index (χ1n) is 7.64. The quantitative estimate of drug-likeness (QED) is 0.842. The van der Waals surface area contributed by atoms with Crippen LogP contribution in [0, 0.1) is 5.92 Å². The predicted molar refractivity (Wildman–Crippen MR) is 78.4 cm³/mol. The van der Waals surface area contributed by atoms with Gasteiger partial charge in [0.15, 0.2) is 0 Å². The zero-order chi connectivity index (χ0) is 13.2. The first kappa shape index (κ1) is 13.1. The number of methoxy groups -OCH3 is 1. The fourth-order valence-corrected chi connectivity index (χ4v) is 3.41. The van der Waals surface area contributed by atoms with E-state index in [0.29, 0.717) is 12.1 Å². The molecule has 19 heavy (non-hydrogen) atoms. The third kappa shape index (κ3) is 2.56. The standard InChI is InChI=1S/C17H25NO/c1-18-16(17(19-2)13-10-11-13)15-9-4-3-8-14(15)12-6-5-7-12/h3-4,8-9,12-13,16-18H,5-7,10-11H2,1-2H3. The van der Waals surface area contributed by atoms with Crippen LogP contribution in [-0.4, -0.2) is 20.3 Å². The van der Waals surface area contributed by atoms with E-state index in [1.807, 2.05) is 7.11 Å². The molecule has 0 spiro atoms. The number of nitrogens with one attached hydrogen (secondary N) is 1. The molecular formula is C17H25NO. The molecule has 2 aliphatic carbocycles. The average molecular weight is 259 g/mol. The molecule has 2 nitrogen and oxygen atoms in total. The Balaban J connectivity index is 1.89. The molecule has 2 saturated carbocycles. The molecule has 1 aromatic rings. The molecule has 2 aliphatic rings. The van der Waals surface area contributed by atoms with Crippen LogP contribution in [0.3, 0.4) is 0 Å². The van der Waals surface area contributed by atoms with Gasteiger partial charge >= 0.3 is 0 Å². The van der Waals surface area contributed by atoms with Crippen LogP contribution < -0.4 is 5.32 Å². The third-order valence-electron chi connectivity index (χ3n) is 4.87. The lowest BCUT2D eigenvalue weighted by molar-refractivity contribution is 0.0525. The van der Waals surface area contributed by atoms with Crippen molar-refractivity contribution in [2.75, 3.05) is 14.2 Å². The highest BCUT2D eigenvalue weighted by molar-refractivity contribution is 5.35. The molecule has 104 valence electrons. The van der Waals surface area contributed by atoms with Gasteiger partial charge in [-0.2, -0.15) is 0 Å². The summed E-state index contributed by atoms with van der Waals surface area (Å²) in [5, 5.41) is 3.51. The fraction of sp³-hybridized carbons (Fsp3) is 0.647. The minimum atomic E-state index is 0.325. The summed E-state index contributed by atoms with van der Waals surface area (Å²) in [5.41, 5.74) is 3.02. The molecule has 1 N–H and O–H groups in total. The molecule has 0 heterocycles. The Bertz CT molecular complexity index is 423. The van der Waals surface area contributed by atoms with Crippen LogP contribution in [0.2, 0.25) is 0 Å². The Morgan fingerprint density at radius 3 is 2.42 bits per heavy atom. The summed E-state index contributed by atoms with van der Waals surface area (Å²) in [6.07, 6.45) is 7.07. The monoisotopic (exact) mass is 259 g/mol. The lowest BCUT2D eigenvalue weighted by Crippen LogP contribution is -2.34. The van der Waals surface area contributed by atoms with Gasteiger partial charge in [-0.1, -0.05) is 30.7 Å². The van der Waals surface area contributed by atoms with E-state index >= 15 is 0 Å². The Morgan fingerprint density at radius 2 is 1.89 bits per heavy atom. The van der Waals surface area contributed by atoms with Crippen LogP contribution in [0.15, 0.2) is 24.3 Å². The number of likely N-dealkylation sites (N-methyl/N-ethyl adjacent to an activating group) is 1. The van der Waals surface area contributed by atoms with E-state index in [1.165, 1.54) is 37.7 Å². The lowest BCUT2D eigenvalue weighted by Gasteiger charge is -2.33. The number of hydrogen-bond donors (Lipinski definition) is 1. The Kier molecular flexibility index (Phi) is 3.90. The molecular weight excluding hydrogens is 234 g/mol. The van der Waals surface area contributed by atoms with Crippen LogP contribution in [-0.2, 0) is 4.74 Å². The number of hydrogen-bond acceptors (Lipinski definition) is 2. The fourth-order valence-electron chi connectivity index (χ4n) is 3.41. The van der Waals surface area contributed by atoms with Gasteiger partial charge in [-0.3, -0.25) is 0 Å². The number of ether oxygens (including phenoxy) is 1. The Hall–Kier alpha value is -0.860. The van der Waals surface area contributed by atoms with E-state index in [4.69, 9.17) is 4.74 Å². The molecule has 2 unspecified atom stereocenters. The van der Waals surface area contributed by atoms with Gasteiger partial charge in [0.2, 0.25) is 0 Å². The summed E-state index contributed by atoms with van der Waals surface area (Å²) >= 11 is 0. The number of benzene rings is 1. The van der Waals surface area contributed by atoms with Gasteiger partial charge in [0.25, 0.3) is 0 Å². The zero-order valence-corrected chi connectivity index (χ0v) is 12.1. The van der Waals surface area contributed by atoms with Crippen LogP contribution >= 0.6 is 0 Å². The maximum absolute atomic E-state index is 5.81. The van der Waals surface area contributed by atoms with Crippen molar-refractivity contribution in [2.24, 2.45) is 5.92 Å². The van der Waals surface area contributed by atoms with Gasteiger partial charge in [0, 0.05) is 7.11 Å². The molecule has 0 amide bonds. The second kappa shape index (κ2) is 5.64. The maximum Gasteiger partial charge on any atom is 0.0794 e. The van der Waals surface area contributed by atoms with Crippen molar-refractivity contribution in [1.82, 2.24) is 5.32 Å². The van der Waals surface area contributed by atoms with E-state index in [0.717, 1.165) is 11.8 Å². The molecule has 0 bridgehead atoms. The normalized spacial score (nSPS) is 22.8. The van der Waals surface area contributed by atoms with E-state index in [9.17, 15) is 0 Å². The van der Waals surface area contributed by atoms with Crippen LogP contribution in [0.5, 0.6) is 0 Å². The molecule has 0 aromatic heterocycles. The van der Waals surface area contributed by atoms with E-state index in [-0.39, 0.29) is 0 Å². The molecule has 3 rings (SSSR count). The van der Waals surface area contributed by atoms with Crippen LogP contribution in [0.4, 0.5) is 0 Å². The molecule has 2 atom stereocenters. The summed E-state index contributed by atoms with van der Waals surface area (Å²) < 4.78 is 5.81. The van der Waals surface area contributed by atoms with Gasteiger partial charge in [-0.25, -0.2) is 0 Å².